The molecule has 0 heterocycles. The summed E-state index contributed by atoms with van der Waals surface area (Å²) in [6.45, 7) is 0.178. The van der Waals surface area contributed by atoms with Crippen molar-refractivity contribution in [3.05, 3.63) is 63.9 Å². The molecule has 0 radical (unpaired) electrons. The fourth-order valence-corrected chi connectivity index (χ4v) is 2.05. The van der Waals surface area contributed by atoms with Gasteiger partial charge in [-0.3, -0.25) is 0 Å². The predicted molar refractivity (Wildman–Crippen MR) is 74.9 cm³/mol. The van der Waals surface area contributed by atoms with Crippen molar-refractivity contribution in [1.29, 1.82) is 0 Å². The normalized spacial score (nSPS) is 10.7. The lowest BCUT2D eigenvalue weighted by molar-refractivity contribution is 0.273. The number of hydrogen-bond donors (Lipinski definition) is 1. The topological polar surface area (TPSA) is 35.2 Å². The maximum Gasteiger partial charge on any atom is 0.191 e. The number of nitrogens with two attached hydrogens (primary N) is 1. The summed E-state index contributed by atoms with van der Waals surface area (Å²) in [7, 11) is 0. The number of hydrogen-bond acceptors (Lipinski definition) is 2. The Morgan fingerprint density at radius 1 is 0.952 bits per heavy atom. The van der Waals surface area contributed by atoms with Crippen LogP contribution < -0.4 is 10.5 Å². The van der Waals surface area contributed by atoms with Gasteiger partial charge in [0.1, 0.15) is 12.4 Å². The highest BCUT2D eigenvalue weighted by atomic mass is 35.5. The van der Waals surface area contributed by atoms with E-state index >= 15 is 0 Å². The molecule has 0 aliphatic carbocycles. The maximum atomic E-state index is 13.8. The summed E-state index contributed by atoms with van der Waals surface area (Å²) in [6, 6.07) is 6.30. The van der Waals surface area contributed by atoms with Gasteiger partial charge in [-0.2, -0.15) is 0 Å². The number of rotatable bonds is 5. The molecule has 0 amide bonds. The lowest BCUT2D eigenvalue weighted by atomic mass is 10.1. The molecule has 0 aromatic heterocycles. The van der Waals surface area contributed by atoms with Crippen LogP contribution in [0.4, 0.5) is 13.2 Å². The first-order valence-electron chi connectivity index (χ1n) is 6.26. The summed E-state index contributed by atoms with van der Waals surface area (Å²) in [6.07, 6.45) is 0.377. The van der Waals surface area contributed by atoms with Crippen LogP contribution in [-0.4, -0.2) is 6.54 Å². The van der Waals surface area contributed by atoms with Crippen LogP contribution in [0.2, 0.25) is 5.02 Å². The molecule has 2 N–H and O–H groups in total. The molecule has 112 valence electrons. The summed E-state index contributed by atoms with van der Waals surface area (Å²) in [5.74, 6) is -2.64. The summed E-state index contributed by atoms with van der Waals surface area (Å²) in [5, 5.41) is -0.0738. The van der Waals surface area contributed by atoms with Crippen molar-refractivity contribution in [3.8, 4) is 5.75 Å². The molecule has 0 saturated heterocycles. The van der Waals surface area contributed by atoms with Gasteiger partial charge in [-0.15, -0.1) is 0 Å². The first-order valence-corrected chi connectivity index (χ1v) is 6.63. The predicted octanol–water partition coefficient (Wildman–Crippen LogP) is 3.84. The third-order valence-corrected chi connectivity index (χ3v) is 3.15. The highest BCUT2D eigenvalue weighted by Gasteiger charge is 2.13. The second-order valence-electron chi connectivity index (χ2n) is 4.46. The standard InChI is InChI=1S/C15H13ClF3NO/c16-11-5-10(1-2-12(11)17)8-21-15-13(18)6-9(3-4-20)7-14(15)19/h1-2,5-7H,3-4,8,20H2. The fraction of sp³-hybridized carbons (Fsp3) is 0.200. The molecule has 0 unspecified atom stereocenters. The van der Waals surface area contributed by atoms with Gasteiger partial charge in [-0.25, -0.2) is 13.2 Å². The number of ether oxygens (including phenoxy) is 1. The van der Waals surface area contributed by atoms with E-state index in [1.165, 1.54) is 24.3 Å². The lowest BCUT2D eigenvalue weighted by Crippen LogP contribution is -2.05. The van der Waals surface area contributed by atoms with Gasteiger partial charge in [-0.05, 0) is 48.4 Å². The van der Waals surface area contributed by atoms with Crippen molar-refractivity contribution in [2.45, 2.75) is 13.0 Å². The number of benzene rings is 2. The van der Waals surface area contributed by atoms with E-state index < -0.39 is 23.2 Å². The van der Waals surface area contributed by atoms with Crippen LogP contribution in [0.1, 0.15) is 11.1 Å². The zero-order valence-corrected chi connectivity index (χ0v) is 11.8. The summed E-state index contributed by atoms with van der Waals surface area (Å²) in [5.41, 5.74) is 6.31. The third-order valence-electron chi connectivity index (χ3n) is 2.86. The second kappa shape index (κ2) is 6.83. The van der Waals surface area contributed by atoms with E-state index in [0.717, 1.165) is 6.07 Å². The summed E-state index contributed by atoms with van der Waals surface area (Å²) < 4.78 is 45.7. The van der Waals surface area contributed by atoms with Gasteiger partial charge in [0.25, 0.3) is 0 Å². The minimum Gasteiger partial charge on any atom is -0.483 e. The summed E-state index contributed by atoms with van der Waals surface area (Å²) >= 11 is 5.62. The van der Waals surface area contributed by atoms with E-state index in [-0.39, 0.29) is 11.6 Å². The average Bonchev–Trinajstić information content (AvgIpc) is 2.42. The van der Waals surface area contributed by atoms with Gasteiger partial charge in [0.2, 0.25) is 0 Å². The first kappa shape index (κ1) is 15.7. The molecule has 0 aliphatic rings. The molecule has 0 fully saturated rings. The Bertz CT molecular complexity index is 626. The molecule has 0 aliphatic heterocycles. The van der Waals surface area contributed by atoms with E-state index in [1.807, 2.05) is 0 Å². The molecule has 2 nitrogen and oxygen atoms in total. The first-order chi connectivity index (χ1) is 10.0. The van der Waals surface area contributed by atoms with Crippen molar-refractivity contribution in [2.24, 2.45) is 5.73 Å². The van der Waals surface area contributed by atoms with E-state index in [2.05, 4.69) is 0 Å². The molecule has 0 saturated carbocycles. The average molecular weight is 316 g/mol. The van der Waals surface area contributed by atoms with Gasteiger partial charge in [0.15, 0.2) is 17.4 Å². The Balaban J connectivity index is 2.14. The van der Waals surface area contributed by atoms with Crippen molar-refractivity contribution in [1.82, 2.24) is 0 Å². The molecule has 0 atom stereocenters. The van der Waals surface area contributed by atoms with E-state index in [1.54, 1.807) is 0 Å². The zero-order chi connectivity index (χ0) is 15.4. The minimum atomic E-state index is -0.799. The largest absolute Gasteiger partial charge is 0.483 e. The molecule has 21 heavy (non-hydrogen) atoms. The van der Waals surface area contributed by atoms with Crippen LogP contribution in [0, 0.1) is 17.5 Å². The highest BCUT2D eigenvalue weighted by molar-refractivity contribution is 6.30. The monoisotopic (exact) mass is 315 g/mol. The van der Waals surface area contributed by atoms with Crippen molar-refractivity contribution < 1.29 is 17.9 Å². The van der Waals surface area contributed by atoms with Crippen LogP contribution >= 0.6 is 11.6 Å². The van der Waals surface area contributed by atoms with Gasteiger partial charge in [0.05, 0.1) is 5.02 Å². The molecular formula is C15H13ClF3NO. The quantitative estimate of drug-likeness (QED) is 0.910. The van der Waals surface area contributed by atoms with Crippen LogP contribution in [-0.2, 0) is 13.0 Å². The van der Waals surface area contributed by atoms with Crippen molar-refractivity contribution >= 4 is 11.6 Å². The maximum absolute atomic E-state index is 13.8. The Labute approximate surface area is 125 Å². The van der Waals surface area contributed by atoms with Crippen molar-refractivity contribution in [2.75, 3.05) is 6.54 Å². The Hall–Kier alpha value is -1.72. The fourth-order valence-electron chi connectivity index (χ4n) is 1.85. The van der Waals surface area contributed by atoms with Crippen LogP contribution in [0.25, 0.3) is 0 Å². The molecule has 2 aromatic rings. The molecule has 6 heteroatoms. The second-order valence-corrected chi connectivity index (χ2v) is 4.87. The molecular weight excluding hydrogens is 303 g/mol. The lowest BCUT2D eigenvalue weighted by Gasteiger charge is -2.10. The Morgan fingerprint density at radius 2 is 1.62 bits per heavy atom. The van der Waals surface area contributed by atoms with E-state index in [4.69, 9.17) is 22.1 Å². The highest BCUT2D eigenvalue weighted by Crippen LogP contribution is 2.25. The molecule has 0 bridgehead atoms. The molecule has 2 aromatic carbocycles. The smallest absolute Gasteiger partial charge is 0.191 e. The Kier molecular flexibility index (Phi) is 5.09. The van der Waals surface area contributed by atoms with Crippen molar-refractivity contribution in [3.63, 3.8) is 0 Å². The molecule has 0 spiro atoms. The SMILES string of the molecule is NCCc1cc(F)c(OCc2ccc(F)c(Cl)c2)c(F)c1. The number of halogens is 4. The van der Waals surface area contributed by atoms with Gasteiger partial charge in [-0.1, -0.05) is 17.7 Å². The minimum absolute atomic E-state index is 0.0738. The van der Waals surface area contributed by atoms with E-state index in [9.17, 15) is 13.2 Å². The van der Waals surface area contributed by atoms with Gasteiger partial charge >= 0.3 is 0 Å². The van der Waals surface area contributed by atoms with Crippen LogP contribution in [0.5, 0.6) is 5.75 Å². The molecule has 2 rings (SSSR count). The van der Waals surface area contributed by atoms with Crippen LogP contribution in [0.15, 0.2) is 30.3 Å². The van der Waals surface area contributed by atoms with Crippen LogP contribution in [0.3, 0.4) is 0 Å². The van der Waals surface area contributed by atoms with Gasteiger partial charge in [0, 0.05) is 0 Å². The third kappa shape index (κ3) is 3.89. The van der Waals surface area contributed by atoms with E-state index in [0.29, 0.717) is 24.1 Å². The Morgan fingerprint density at radius 3 is 2.19 bits per heavy atom. The summed E-state index contributed by atoms with van der Waals surface area (Å²) in [4.78, 5) is 0. The van der Waals surface area contributed by atoms with Gasteiger partial charge < -0.3 is 10.5 Å². The zero-order valence-electron chi connectivity index (χ0n) is 11.0.